The van der Waals surface area contributed by atoms with E-state index in [0.29, 0.717) is 40.8 Å². The highest BCUT2D eigenvalue weighted by Crippen LogP contribution is 2.31. The molecule has 0 amide bonds. The summed E-state index contributed by atoms with van der Waals surface area (Å²) >= 11 is 0. The maximum atomic E-state index is 13.9. The van der Waals surface area contributed by atoms with Crippen molar-refractivity contribution in [2.75, 3.05) is 5.32 Å². The van der Waals surface area contributed by atoms with Gasteiger partial charge < -0.3 is 10.1 Å². The van der Waals surface area contributed by atoms with Gasteiger partial charge in [-0.05, 0) is 83.9 Å². The molecule has 9 heteroatoms. The second-order valence-corrected chi connectivity index (χ2v) is 10.4. The van der Waals surface area contributed by atoms with E-state index < -0.39 is 12.0 Å². The Bertz CT molecular complexity index is 1210. The number of imidazole rings is 1. The topological polar surface area (TPSA) is 81.9 Å². The quantitative estimate of drug-likeness (QED) is 0.427. The minimum atomic E-state index is -2.74. The Morgan fingerprint density at radius 2 is 1.83 bits per heavy atom. The number of halogens is 2. The first kappa shape index (κ1) is 25.0. The SMILES string of the molecule is Cc1ccc2nc(C(F)F)n(-c3cc(NC4CCC(CC(=O)OC(C)(C)C)CC4)nc(C)n3)c2c1. The molecule has 7 nitrogen and oxygen atoms in total. The van der Waals surface area contributed by atoms with E-state index >= 15 is 0 Å². The van der Waals surface area contributed by atoms with Crippen LogP contribution in [0, 0.1) is 19.8 Å². The average Bonchev–Trinajstić information content (AvgIpc) is 3.12. The monoisotopic (exact) mass is 485 g/mol. The lowest BCUT2D eigenvalue weighted by Gasteiger charge is -2.30. The fourth-order valence-electron chi connectivity index (χ4n) is 4.67. The number of hydrogen-bond donors (Lipinski definition) is 1. The molecule has 2 aromatic heterocycles. The van der Waals surface area contributed by atoms with Crippen LogP contribution in [-0.2, 0) is 9.53 Å². The van der Waals surface area contributed by atoms with Crippen molar-refractivity contribution in [1.29, 1.82) is 0 Å². The van der Waals surface area contributed by atoms with Crippen LogP contribution in [0.15, 0.2) is 24.3 Å². The van der Waals surface area contributed by atoms with E-state index in [1.54, 1.807) is 19.1 Å². The van der Waals surface area contributed by atoms with Gasteiger partial charge in [-0.3, -0.25) is 9.36 Å². The average molecular weight is 486 g/mol. The molecule has 35 heavy (non-hydrogen) atoms. The predicted molar refractivity (Wildman–Crippen MR) is 131 cm³/mol. The lowest BCUT2D eigenvalue weighted by atomic mass is 9.84. The van der Waals surface area contributed by atoms with Gasteiger partial charge in [0.1, 0.15) is 23.1 Å². The van der Waals surface area contributed by atoms with Gasteiger partial charge in [-0.25, -0.2) is 23.7 Å². The van der Waals surface area contributed by atoms with Gasteiger partial charge in [0.2, 0.25) is 0 Å². The van der Waals surface area contributed by atoms with E-state index in [1.807, 2.05) is 39.8 Å². The number of esters is 1. The highest BCUT2D eigenvalue weighted by molar-refractivity contribution is 5.79. The van der Waals surface area contributed by atoms with Crippen LogP contribution in [0.4, 0.5) is 14.6 Å². The lowest BCUT2D eigenvalue weighted by molar-refractivity contribution is -0.156. The fraction of sp³-hybridized carbons (Fsp3) is 0.538. The summed E-state index contributed by atoms with van der Waals surface area (Å²) in [6, 6.07) is 7.32. The molecule has 4 rings (SSSR count). The summed E-state index contributed by atoms with van der Waals surface area (Å²) in [5.41, 5.74) is 1.57. The van der Waals surface area contributed by atoms with Crippen molar-refractivity contribution in [2.24, 2.45) is 5.92 Å². The molecule has 2 heterocycles. The number of aryl methyl sites for hydroxylation is 2. The summed E-state index contributed by atoms with van der Waals surface area (Å²) in [5.74, 6) is 1.26. The zero-order valence-corrected chi connectivity index (χ0v) is 20.9. The van der Waals surface area contributed by atoms with Crippen molar-refractivity contribution in [3.05, 3.63) is 41.5 Å². The number of nitrogens with one attached hydrogen (secondary N) is 1. The van der Waals surface area contributed by atoms with E-state index in [-0.39, 0.29) is 17.8 Å². The third-order valence-corrected chi connectivity index (χ3v) is 6.16. The first-order valence-corrected chi connectivity index (χ1v) is 12.1. The molecule has 3 aromatic rings. The van der Waals surface area contributed by atoms with Gasteiger partial charge in [-0.15, -0.1) is 0 Å². The molecule has 0 unspecified atom stereocenters. The van der Waals surface area contributed by atoms with Crippen LogP contribution in [0.1, 0.15) is 76.5 Å². The summed E-state index contributed by atoms with van der Waals surface area (Å²) in [6.07, 6.45) is 1.30. The van der Waals surface area contributed by atoms with Gasteiger partial charge in [0.05, 0.1) is 11.0 Å². The van der Waals surface area contributed by atoms with Crippen LogP contribution in [0.25, 0.3) is 16.9 Å². The Balaban J connectivity index is 1.50. The summed E-state index contributed by atoms with van der Waals surface area (Å²) in [6.45, 7) is 9.29. The molecule has 0 aliphatic heterocycles. The number of hydrogen-bond acceptors (Lipinski definition) is 6. The van der Waals surface area contributed by atoms with Crippen LogP contribution in [0.3, 0.4) is 0 Å². The highest BCUT2D eigenvalue weighted by Gasteiger charge is 2.26. The molecule has 0 spiro atoms. The summed E-state index contributed by atoms with van der Waals surface area (Å²) < 4.78 is 34.6. The summed E-state index contributed by atoms with van der Waals surface area (Å²) in [4.78, 5) is 25.3. The lowest BCUT2D eigenvalue weighted by Crippen LogP contribution is -2.29. The summed E-state index contributed by atoms with van der Waals surface area (Å²) in [7, 11) is 0. The number of rotatable bonds is 6. The van der Waals surface area contributed by atoms with Gasteiger partial charge in [0.25, 0.3) is 6.43 Å². The minimum absolute atomic E-state index is 0.150. The number of benzene rings is 1. The van der Waals surface area contributed by atoms with E-state index in [4.69, 9.17) is 4.74 Å². The van der Waals surface area contributed by atoms with Crippen molar-refractivity contribution < 1.29 is 18.3 Å². The molecule has 0 bridgehead atoms. The molecule has 0 radical (unpaired) electrons. The van der Waals surface area contributed by atoms with Crippen LogP contribution in [0.5, 0.6) is 0 Å². The number of aromatic nitrogens is 4. The molecule has 1 aliphatic carbocycles. The number of carbonyl (C=O) groups excluding carboxylic acids is 1. The molecule has 1 aromatic carbocycles. The molecular weight excluding hydrogens is 452 g/mol. The Morgan fingerprint density at radius 3 is 2.49 bits per heavy atom. The van der Waals surface area contributed by atoms with Gasteiger partial charge >= 0.3 is 5.97 Å². The van der Waals surface area contributed by atoms with Crippen molar-refractivity contribution in [3.8, 4) is 5.82 Å². The maximum absolute atomic E-state index is 13.9. The number of alkyl halides is 2. The van der Waals surface area contributed by atoms with E-state index in [1.165, 1.54) is 4.57 Å². The standard InChI is InChI=1S/C26H33F2N5O2/c1-15-6-11-19-20(12-15)33(25(32-19)24(27)28)22-14-21(29-16(2)30-22)31-18-9-7-17(8-10-18)13-23(34)35-26(3,4)5/h6,11-12,14,17-18,24H,7-10,13H2,1-5H3,(H,29,30,31). The fourth-order valence-corrected chi connectivity index (χ4v) is 4.67. The third-order valence-electron chi connectivity index (χ3n) is 6.16. The molecule has 0 atom stereocenters. The van der Waals surface area contributed by atoms with Crippen LogP contribution in [-0.4, -0.2) is 37.1 Å². The van der Waals surface area contributed by atoms with Gasteiger partial charge in [0, 0.05) is 18.5 Å². The number of nitrogens with zero attached hydrogens (tertiary/aromatic N) is 4. The van der Waals surface area contributed by atoms with Crippen LogP contribution in [0.2, 0.25) is 0 Å². The summed E-state index contributed by atoms with van der Waals surface area (Å²) in [5, 5.41) is 3.46. The first-order valence-electron chi connectivity index (χ1n) is 12.1. The van der Waals surface area contributed by atoms with Crippen LogP contribution < -0.4 is 5.32 Å². The number of carbonyl (C=O) groups is 1. The van der Waals surface area contributed by atoms with E-state index in [2.05, 4.69) is 20.3 Å². The molecule has 0 saturated heterocycles. The number of anilines is 1. The Kier molecular flexibility index (Phi) is 7.05. The van der Waals surface area contributed by atoms with Gasteiger partial charge in [-0.2, -0.15) is 0 Å². The van der Waals surface area contributed by atoms with Crippen molar-refractivity contribution >= 4 is 22.8 Å². The molecular formula is C26H33F2N5O2. The van der Waals surface area contributed by atoms with Crippen molar-refractivity contribution in [1.82, 2.24) is 19.5 Å². The molecule has 1 saturated carbocycles. The van der Waals surface area contributed by atoms with Crippen LogP contribution >= 0.6 is 0 Å². The second-order valence-electron chi connectivity index (χ2n) is 10.4. The Hall–Kier alpha value is -3.10. The molecule has 1 aliphatic rings. The predicted octanol–water partition coefficient (Wildman–Crippen LogP) is 6.07. The van der Waals surface area contributed by atoms with Crippen molar-refractivity contribution in [3.63, 3.8) is 0 Å². The maximum Gasteiger partial charge on any atom is 0.306 e. The van der Waals surface area contributed by atoms with E-state index in [0.717, 1.165) is 31.2 Å². The zero-order valence-electron chi connectivity index (χ0n) is 20.9. The molecule has 188 valence electrons. The first-order chi connectivity index (χ1) is 16.5. The Labute approximate surface area is 204 Å². The molecule has 1 fully saturated rings. The number of ether oxygens (including phenoxy) is 1. The molecule has 1 N–H and O–H groups in total. The largest absolute Gasteiger partial charge is 0.460 e. The van der Waals surface area contributed by atoms with Gasteiger partial charge in [0.15, 0.2) is 5.82 Å². The third kappa shape index (κ3) is 6.13. The van der Waals surface area contributed by atoms with Crippen molar-refractivity contribution in [2.45, 2.75) is 84.8 Å². The van der Waals surface area contributed by atoms with E-state index in [9.17, 15) is 13.6 Å². The smallest absolute Gasteiger partial charge is 0.306 e. The normalized spacial score (nSPS) is 18.7. The number of fused-ring (bicyclic) bond motifs is 1. The van der Waals surface area contributed by atoms with Gasteiger partial charge in [-0.1, -0.05) is 6.07 Å². The second kappa shape index (κ2) is 9.87. The zero-order chi connectivity index (χ0) is 25.3. The Morgan fingerprint density at radius 1 is 1.11 bits per heavy atom. The minimum Gasteiger partial charge on any atom is -0.460 e. The highest BCUT2D eigenvalue weighted by atomic mass is 19.3.